The van der Waals surface area contributed by atoms with E-state index in [-0.39, 0.29) is 19.1 Å². The summed E-state index contributed by atoms with van der Waals surface area (Å²) in [5, 5.41) is 13.8. The summed E-state index contributed by atoms with van der Waals surface area (Å²) in [7, 11) is 1.52. The number of quaternary nitrogens is 1. The molecule has 0 rings (SSSR count). The molecular formula is C61H104N2O6P+. The summed E-state index contributed by atoms with van der Waals surface area (Å²) in [6.45, 7) is 4.57. The van der Waals surface area contributed by atoms with Crippen LogP contribution in [0.15, 0.2) is 134 Å². The van der Waals surface area contributed by atoms with Gasteiger partial charge in [-0.1, -0.05) is 218 Å². The number of carbonyl (C=O) groups is 1. The van der Waals surface area contributed by atoms with Crippen LogP contribution in [0.25, 0.3) is 0 Å². The van der Waals surface area contributed by atoms with E-state index in [9.17, 15) is 19.4 Å². The van der Waals surface area contributed by atoms with E-state index in [2.05, 4.69) is 141 Å². The lowest BCUT2D eigenvalue weighted by molar-refractivity contribution is -0.870. The van der Waals surface area contributed by atoms with Gasteiger partial charge in [0.1, 0.15) is 13.2 Å². The first-order chi connectivity index (χ1) is 34.0. The molecule has 3 N–H and O–H groups in total. The topological polar surface area (TPSA) is 105 Å². The van der Waals surface area contributed by atoms with E-state index in [1.165, 1.54) is 70.6 Å². The largest absolute Gasteiger partial charge is 0.472 e. The normalized spacial score (nSPS) is 15.0. The zero-order valence-corrected chi connectivity index (χ0v) is 46.1. The van der Waals surface area contributed by atoms with E-state index in [1.54, 1.807) is 6.08 Å². The predicted molar refractivity (Wildman–Crippen MR) is 304 cm³/mol. The van der Waals surface area contributed by atoms with Crippen LogP contribution in [0, 0.1) is 0 Å². The Morgan fingerprint density at radius 3 is 1.30 bits per heavy atom. The molecule has 3 atom stereocenters. The molecule has 0 aliphatic rings. The van der Waals surface area contributed by atoms with E-state index in [0.29, 0.717) is 17.4 Å². The molecule has 0 aromatic heterocycles. The fourth-order valence-corrected chi connectivity index (χ4v) is 7.77. The van der Waals surface area contributed by atoms with Crippen LogP contribution in [0.3, 0.4) is 0 Å². The van der Waals surface area contributed by atoms with Crippen molar-refractivity contribution in [2.75, 3.05) is 40.9 Å². The van der Waals surface area contributed by atoms with Crippen LogP contribution < -0.4 is 5.32 Å². The molecule has 9 heteroatoms. The van der Waals surface area contributed by atoms with Crippen molar-refractivity contribution >= 4 is 13.7 Å². The first kappa shape index (κ1) is 66.6. The Hall–Kier alpha value is -3.36. The van der Waals surface area contributed by atoms with E-state index in [1.807, 2.05) is 27.2 Å². The number of allylic oxidation sites excluding steroid dienone is 21. The first-order valence-electron chi connectivity index (χ1n) is 27.6. The molecule has 398 valence electrons. The number of phosphoric ester groups is 1. The van der Waals surface area contributed by atoms with Crippen molar-refractivity contribution in [3.05, 3.63) is 134 Å². The molecule has 0 aliphatic carbocycles. The van der Waals surface area contributed by atoms with Crippen molar-refractivity contribution in [3.63, 3.8) is 0 Å². The molecule has 0 saturated carbocycles. The van der Waals surface area contributed by atoms with Crippen LogP contribution in [0.5, 0.6) is 0 Å². The number of nitrogens with zero attached hydrogens (tertiary/aromatic N) is 1. The van der Waals surface area contributed by atoms with Gasteiger partial charge < -0.3 is 19.8 Å². The van der Waals surface area contributed by atoms with Gasteiger partial charge in [0.15, 0.2) is 0 Å². The van der Waals surface area contributed by atoms with Gasteiger partial charge in [0.25, 0.3) is 0 Å². The second-order valence-electron chi connectivity index (χ2n) is 19.2. The van der Waals surface area contributed by atoms with Gasteiger partial charge >= 0.3 is 7.82 Å². The Balaban J connectivity index is 4.08. The second kappa shape index (κ2) is 50.6. The summed E-state index contributed by atoms with van der Waals surface area (Å²) in [6.07, 6.45) is 77.1. The number of unbranched alkanes of at least 4 members (excludes halogenated alkanes) is 15. The van der Waals surface area contributed by atoms with Crippen LogP contribution in [0.4, 0.5) is 0 Å². The maximum absolute atomic E-state index is 12.9. The lowest BCUT2D eigenvalue weighted by atomic mass is 10.0. The highest BCUT2D eigenvalue weighted by atomic mass is 31.2. The number of aliphatic hydroxyl groups excluding tert-OH is 1. The second-order valence-corrected chi connectivity index (χ2v) is 20.7. The van der Waals surface area contributed by atoms with Crippen LogP contribution in [-0.2, 0) is 18.4 Å². The minimum atomic E-state index is -4.36. The molecule has 0 aromatic carbocycles. The standard InChI is InChI=1S/C61H103N2O6P/c1-6-8-10-12-14-16-18-19-20-21-22-23-24-25-26-27-28-29-30-31-32-33-34-35-36-37-38-39-40-41-42-43-45-47-49-51-53-55-61(65)62-59(58-69-70(66,67)68-57-56-63(3,4)5)60(64)54-52-50-48-46-44-17-15-13-11-9-7-2/h8,10-11,13-14,16,19-20,22-23,25-26,28-29,31-32,34-35,44,46,52,54,59-60,64H,6-7,9,12,15,17-18,21,24,27,30,33,36-43,45,47-51,53,55-58H2,1-5H3,(H-,62,65,66,67)/p+1/b10-8-,13-11+,16-14-,20-19-,23-22-,26-25-,29-28-,32-31-,35-34-,46-44+,54-52+. The fourth-order valence-electron chi connectivity index (χ4n) is 7.04. The van der Waals surface area contributed by atoms with Crippen molar-refractivity contribution in [1.29, 1.82) is 0 Å². The van der Waals surface area contributed by atoms with Gasteiger partial charge in [-0.05, 0) is 103 Å². The van der Waals surface area contributed by atoms with Gasteiger partial charge in [-0.15, -0.1) is 0 Å². The molecule has 3 unspecified atom stereocenters. The highest BCUT2D eigenvalue weighted by Crippen LogP contribution is 2.43. The summed E-state index contributed by atoms with van der Waals surface area (Å²) in [6, 6.07) is -0.878. The molecular weight excluding hydrogens is 888 g/mol. The fraction of sp³-hybridized carbons (Fsp3) is 0.623. The summed E-state index contributed by atoms with van der Waals surface area (Å²) in [4.78, 5) is 23.2. The van der Waals surface area contributed by atoms with Crippen molar-refractivity contribution in [3.8, 4) is 0 Å². The molecule has 0 spiro atoms. The minimum Gasteiger partial charge on any atom is -0.387 e. The smallest absolute Gasteiger partial charge is 0.387 e. The number of likely N-dealkylation sites (N-methyl/N-ethyl adjacent to an activating group) is 1. The summed E-state index contributed by atoms with van der Waals surface area (Å²) in [5.41, 5.74) is 0. The molecule has 0 aliphatic heterocycles. The van der Waals surface area contributed by atoms with Gasteiger partial charge in [-0.3, -0.25) is 13.8 Å². The quantitative estimate of drug-likeness (QED) is 0.0243. The number of nitrogens with one attached hydrogen (secondary N) is 1. The highest BCUT2D eigenvalue weighted by molar-refractivity contribution is 7.47. The monoisotopic (exact) mass is 992 g/mol. The third-order valence-electron chi connectivity index (χ3n) is 11.3. The number of phosphoric acid groups is 1. The third-order valence-corrected chi connectivity index (χ3v) is 12.3. The zero-order chi connectivity index (χ0) is 51.3. The summed E-state index contributed by atoms with van der Waals surface area (Å²) in [5.74, 6) is -0.202. The number of rotatable bonds is 48. The Morgan fingerprint density at radius 1 is 0.500 bits per heavy atom. The van der Waals surface area contributed by atoms with Crippen LogP contribution in [-0.4, -0.2) is 73.4 Å². The average molecular weight is 992 g/mol. The van der Waals surface area contributed by atoms with Crippen molar-refractivity contribution < 1.29 is 32.9 Å². The van der Waals surface area contributed by atoms with Gasteiger partial charge in [0.2, 0.25) is 5.91 Å². The van der Waals surface area contributed by atoms with E-state index in [0.717, 1.165) is 103 Å². The molecule has 0 fully saturated rings. The molecule has 0 heterocycles. The molecule has 8 nitrogen and oxygen atoms in total. The Bertz CT molecular complexity index is 1590. The number of hydrogen-bond acceptors (Lipinski definition) is 5. The van der Waals surface area contributed by atoms with Crippen molar-refractivity contribution in [1.82, 2.24) is 5.32 Å². The van der Waals surface area contributed by atoms with Crippen LogP contribution >= 0.6 is 7.82 Å². The molecule has 1 amide bonds. The SMILES string of the molecule is CC/C=C\C/C=C\C/C=C\C/C=C\C/C=C\C/C=C\C/C=C\C/C=C\CCCCCCCCCCCCCCC(=O)NC(COP(=O)(O)OCC[N+](C)(C)C)C(O)/C=C/CC/C=C/CC/C=C/CCC. The van der Waals surface area contributed by atoms with Crippen LogP contribution in [0.1, 0.15) is 194 Å². The van der Waals surface area contributed by atoms with Gasteiger partial charge in [0, 0.05) is 6.42 Å². The number of carbonyl (C=O) groups excluding carboxylic acids is 1. The lowest BCUT2D eigenvalue weighted by Crippen LogP contribution is -2.45. The Morgan fingerprint density at radius 2 is 0.871 bits per heavy atom. The van der Waals surface area contributed by atoms with Gasteiger partial charge in [0.05, 0.1) is 39.9 Å². The van der Waals surface area contributed by atoms with E-state index in [4.69, 9.17) is 9.05 Å². The van der Waals surface area contributed by atoms with Gasteiger partial charge in [-0.25, -0.2) is 4.57 Å². The molecule has 0 bridgehead atoms. The molecule has 70 heavy (non-hydrogen) atoms. The van der Waals surface area contributed by atoms with E-state index < -0.39 is 20.0 Å². The highest BCUT2D eigenvalue weighted by Gasteiger charge is 2.27. The maximum Gasteiger partial charge on any atom is 0.472 e. The summed E-state index contributed by atoms with van der Waals surface area (Å²) >= 11 is 0. The Labute approximate surface area is 430 Å². The molecule has 0 saturated heterocycles. The van der Waals surface area contributed by atoms with E-state index >= 15 is 0 Å². The Kier molecular flexibility index (Phi) is 48.1. The van der Waals surface area contributed by atoms with Crippen molar-refractivity contribution in [2.24, 2.45) is 0 Å². The maximum atomic E-state index is 12.9. The number of aliphatic hydroxyl groups is 1. The third kappa shape index (κ3) is 52.5. The molecule has 0 aromatic rings. The summed E-state index contributed by atoms with van der Waals surface area (Å²) < 4.78 is 23.6. The lowest BCUT2D eigenvalue weighted by Gasteiger charge is -2.25. The molecule has 0 radical (unpaired) electrons. The first-order valence-corrected chi connectivity index (χ1v) is 29.1. The predicted octanol–water partition coefficient (Wildman–Crippen LogP) is 16.8. The van der Waals surface area contributed by atoms with Crippen LogP contribution in [0.2, 0.25) is 0 Å². The average Bonchev–Trinajstić information content (AvgIpc) is 3.32. The minimum absolute atomic E-state index is 0.0467. The zero-order valence-electron chi connectivity index (χ0n) is 45.2. The van der Waals surface area contributed by atoms with Crippen molar-refractivity contribution in [2.45, 2.75) is 206 Å². The number of amides is 1. The number of hydrogen-bond donors (Lipinski definition) is 3. The van der Waals surface area contributed by atoms with Gasteiger partial charge in [-0.2, -0.15) is 0 Å².